The smallest absolute Gasteiger partial charge is 0.306 e. The van der Waals surface area contributed by atoms with E-state index in [1.165, 1.54) is 17.2 Å². The summed E-state index contributed by atoms with van der Waals surface area (Å²) in [6.07, 6.45) is -0.994. The van der Waals surface area contributed by atoms with Crippen molar-refractivity contribution in [3.63, 3.8) is 0 Å². The number of rotatable bonds is 12. The summed E-state index contributed by atoms with van der Waals surface area (Å²) < 4.78 is 29.2. The number of esters is 1. The Morgan fingerprint density at radius 2 is 1.73 bits per heavy atom. The monoisotopic (exact) mass is 607 g/mol. The van der Waals surface area contributed by atoms with Gasteiger partial charge >= 0.3 is 5.97 Å². The van der Waals surface area contributed by atoms with Crippen molar-refractivity contribution < 1.29 is 38.7 Å². The second-order valence-corrected chi connectivity index (χ2v) is 10.6. The van der Waals surface area contributed by atoms with Gasteiger partial charge in [0.1, 0.15) is 31.2 Å². The third-order valence-corrected chi connectivity index (χ3v) is 7.66. The van der Waals surface area contributed by atoms with Gasteiger partial charge in [0.15, 0.2) is 34.7 Å². The highest BCUT2D eigenvalue weighted by Gasteiger charge is 2.45. The zero-order valence-electron chi connectivity index (χ0n) is 25.3. The van der Waals surface area contributed by atoms with Crippen LogP contribution in [0.1, 0.15) is 42.3 Å². The first kappa shape index (κ1) is 31.0. The topological polar surface area (TPSA) is 159 Å². The van der Waals surface area contributed by atoms with E-state index in [-0.39, 0.29) is 19.1 Å². The SMILES string of the molecule is COc1cc(C(C)Nc2ncnc3c2ncn3[C@@H]2O[C@H](COC(=O)CCc3ccc(C)cc3)C(O)[C@@H]2O)cc(OC)c1OC. The average molecular weight is 608 g/mol. The lowest BCUT2D eigenvalue weighted by molar-refractivity contribution is -0.150. The van der Waals surface area contributed by atoms with E-state index in [4.69, 9.17) is 23.7 Å². The van der Waals surface area contributed by atoms with Gasteiger partial charge in [0.05, 0.1) is 33.7 Å². The van der Waals surface area contributed by atoms with E-state index >= 15 is 0 Å². The van der Waals surface area contributed by atoms with Gasteiger partial charge in [-0.1, -0.05) is 29.8 Å². The number of hydrogen-bond acceptors (Lipinski definition) is 12. The molecule has 1 aliphatic heterocycles. The Morgan fingerprint density at radius 1 is 1.02 bits per heavy atom. The van der Waals surface area contributed by atoms with Crippen molar-refractivity contribution in [3.05, 3.63) is 65.7 Å². The molecule has 1 aliphatic rings. The highest BCUT2D eigenvalue weighted by Crippen LogP contribution is 2.40. The van der Waals surface area contributed by atoms with E-state index in [2.05, 4.69) is 20.3 Å². The fraction of sp³-hybridized carbons (Fsp3) is 0.419. The van der Waals surface area contributed by atoms with Crippen molar-refractivity contribution >= 4 is 23.0 Å². The number of aliphatic hydroxyl groups is 2. The Kier molecular flexibility index (Phi) is 9.47. The number of aromatic nitrogens is 4. The van der Waals surface area contributed by atoms with Crippen LogP contribution in [0.2, 0.25) is 0 Å². The lowest BCUT2D eigenvalue weighted by atomic mass is 10.1. The van der Waals surface area contributed by atoms with E-state index in [1.54, 1.807) is 21.3 Å². The first-order valence-electron chi connectivity index (χ1n) is 14.2. The second kappa shape index (κ2) is 13.5. The minimum atomic E-state index is -1.31. The molecule has 4 aromatic rings. The quantitative estimate of drug-likeness (QED) is 0.202. The van der Waals surface area contributed by atoms with Gasteiger partial charge in [0.2, 0.25) is 5.75 Å². The van der Waals surface area contributed by atoms with Crippen LogP contribution in [0.25, 0.3) is 11.2 Å². The zero-order valence-corrected chi connectivity index (χ0v) is 25.3. The van der Waals surface area contributed by atoms with Crippen LogP contribution in [-0.4, -0.2) is 81.9 Å². The van der Waals surface area contributed by atoms with Gasteiger partial charge in [-0.3, -0.25) is 9.36 Å². The van der Waals surface area contributed by atoms with Crippen LogP contribution in [0, 0.1) is 6.92 Å². The van der Waals surface area contributed by atoms with Crippen LogP contribution >= 0.6 is 0 Å². The van der Waals surface area contributed by atoms with E-state index in [9.17, 15) is 15.0 Å². The zero-order chi connectivity index (χ0) is 31.4. The van der Waals surface area contributed by atoms with E-state index in [0.717, 1.165) is 16.7 Å². The molecule has 2 unspecified atom stereocenters. The summed E-state index contributed by atoms with van der Waals surface area (Å²) in [5.41, 5.74) is 3.83. The molecule has 0 spiro atoms. The van der Waals surface area contributed by atoms with Gasteiger partial charge in [0, 0.05) is 6.42 Å². The van der Waals surface area contributed by atoms with E-state index in [1.807, 2.05) is 50.2 Å². The fourth-order valence-electron chi connectivity index (χ4n) is 5.13. The highest BCUT2D eigenvalue weighted by molar-refractivity contribution is 5.83. The molecule has 0 aliphatic carbocycles. The molecule has 3 N–H and O–H groups in total. The molecule has 0 saturated carbocycles. The fourth-order valence-corrected chi connectivity index (χ4v) is 5.13. The molecule has 234 valence electrons. The molecule has 13 nitrogen and oxygen atoms in total. The number of imidazole rings is 1. The van der Waals surface area contributed by atoms with Crippen molar-refractivity contribution in [2.75, 3.05) is 33.3 Å². The number of aliphatic hydroxyl groups excluding tert-OH is 2. The number of nitrogens with zero attached hydrogens (tertiary/aromatic N) is 4. The first-order chi connectivity index (χ1) is 21.2. The van der Waals surface area contributed by atoms with Gasteiger partial charge in [-0.2, -0.15) is 0 Å². The van der Waals surface area contributed by atoms with Gasteiger partial charge in [-0.25, -0.2) is 15.0 Å². The number of anilines is 1. The molecule has 1 fully saturated rings. The Morgan fingerprint density at radius 3 is 2.39 bits per heavy atom. The van der Waals surface area contributed by atoms with Crippen LogP contribution in [0.15, 0.2) is 49.1 Å². The normalized spacial score (nSPS) is 20.3. The molecule has 13 heteroatoms. The average Bonchev–Trinajstić information content (AvgIpc) is 3.59. The van der Waals surface area contributed by atoms with Crippen LogP contribution in [-0.2, 0) is 20.7 Å². The molecule has 2 aromatic heterocycles. The molecule has 5 rings (SSSR count). The highest BCUT2D eigenvalue weighted by atomic mass is 16.6. The first-order valence-corrected chi connectivity index (χ1v) is 14.2. The Balaban J connectivity index is 1.26. The minimum absolute atomic E-state index is 0.186. The molecule has 1 saturated heterocycles. The minimum Gasteiger partial charge on any atom is -0.493 e. The molecular weight excluding hydrogens is 570 g/mol. The summed E-state index contributed by atoms with van der Waals surface area (Å²) in [5, 5.41) is 24.9. The van der Waals surface area contributed by atoms with Gasteiger partial charge in [-0.05, 0) is 43.5 Å². The number of methoxy groups -OCH3 is 3. The van der Waals surface area contributed by atoms with Crippen molar-refractivity contribution in [2.45, 2.75) is 57.3 Å². The molecular formula is C31H37N5O8. The molecule has 0 amide bonds. The standard InChI is InChI=1S/C31H37N5O8/c1-17-6-8-19(9-7-17)10-11-24(37)43-14-23-26(38)27(39)31(44-23)36-16-34-25-29(32-15-33-30(25)36)35-18(2)20-12-21(40-3)28(42-5)22(13-20)41-4/h6-9,12-13,15-16,18,23,26-27,31,38-39H,10-11,14H2,1-5H3,(H,32,33,35)/t18?,23-,26?,27+,31-/m1/s1. The van der Waals surface area contributed by atoms with E-state index < -0.39 is 30.5 Å². The molecule has 0 radical (unpaired) electrons. The third kappa shape index (κ3) is 6.39. The summed E-state index contributed by atoms with van der Waals surface area (Å²) in [6.45, 7) is 3.74. The second-order valence-electron chi connectivity index (χ2n) is 10.6. The maximum absolute atomic E-state index is 12.4. The third-order valence-electron chi connectivity index (χ3n) is 7.66. The number of nitrogens with one attached hydrogen (secondary N) is 1. The molecule has 3 heterocycles. The van der Waals surface area contributed by atoms with E-state index in [0.29, 0.717) is 40.7 Å². The van der Waals surface area contributed by atoms with Crippen molar-refractivity contribution in [3.8, 4) is 17.2 Å². The van der Waals surface area contributed by atoms with Gasteiger partial charge < -0.3 is 39.2 Å². The largest absolute Gasteiger partial charge is 0.493 e. The lowest BCUT2D eigenvalue weighted by Gasteiger charge is -2.19. The van der Waals surface area contributed by atoms with Crippen LogP contribution in [0.5, 0.6) is 17.2 Å². The summed E-state index contributed by atoms with van der Waals surface area (Å²) >= 11 is 0. The van der Waals surface area contributed by atoms with Gasteiger partial charge in [0.25, 0.3) is 0 Å². The maximum atomic E-state index is 12.4. The Hall–Kier alpha value is -4.46. The molecule has 5 atom stereocenters. The summed E-state index contributed by atoms with van der Waals surface area (Å²) in [6, 6.07) is 11.4. The van der Waals surface area contributed by atoms with Crippen molar-refractivity contribution in [1.82, 2.24) is 19.5 Å². The number of carbonyl (C=O) groups is 1. The maximum Gasteiger partial charge on any atom is 0.306 e. The molecule has 44 heavy (non-hydrogen) atoms. The predicted molar refractivity (Wildman–Crippen MR) is 160 cm³/mol. The van der Waals surface area contributed by atoms with Crippen LogP contribution in [0.3, 0.4) is 0 Å². The number of carbonyl (C=O) groups excluding carboxylic acids is 1. The van der Waals surface area contributed by atoms with Crippen LogP contribution in [0.4, 0.5) is 5.82 Å². The number of fused-ring (bicyclic) bond motifs is 1. The lowest BCUT2D eigenvalue weighted by Crippen LogP contribution is -2.34. The number of benzene rings is 2. The van der Waals surface area contributed by atoms with Gasteiger partial charge in [-0.15, -0.1) is 0 Å². The number of hydrogen-bond donors (Lipinski definition) is 3. The van der Waals surface area contributed by atoms with Crippen molar-refractivity contribution in [2.24, 2.45) is 0 Å². The summed E-state index contributed by atoms with van der Waals surface area (Å²) in [4.78, 5) is 25.6. The van der Waals surface area contributed by atoms with Crippen LogP contribution < -0.4 is 19.5 Å². The molecule has 2 aromatic carbocycles. The Bertz CT molecular complexity index is 1570. The summed E-state index contributed by atoms with van der Waals surface area (Å²) in [5.74, 6) is 1.55. The predicted octanol–water partition coefficient (Wildman–Crippen LogP) is 3.13. The number of ether oxygens (including phenoxy) is 5. The Labute approximate surface area is 254 Å². The van der Waals surface area contributed by atoms with Crippen molar-refractivity contribution in [1.29, 1.82) is 0 Å². The summed E-state index contributed by atoms with van der Waals surface area (Å²) in [7, 11) is 4.65. The number of aryl methyl sites for hydroxylation is 2. The molecule has 0 bridgehead atoms.